The molecule has 0 saturated heterocycles. The number of nitrogens with one attached hydrogen (secondary N) is 2. The second-order valence-electron chi connectivity index (χ2n) is 8.46. The average Bonchev–Trinajstić information content (AvgIpc) is 3.22. The molecule has 0 aliphatic rings. The largest absolute Gasteiger partial charge is 0.508 e. The number of aromatic amines is 1. The van der Waals surface area contributed by atoms with Gasteiger partial charge in [-0.1, -0.05) is 26.0 Å². The Hall–Kier alpha value is -4.07. The van der Waals surface area contributed by atoms with Gasteiger partial charge in [0.15, 0.2) is 0 Å². The van der Waals surface area contributed by atoms with Gasteiger partial charge in [0.25, 0.3) is 11.5 Å². The van der Waals surface area contributed by atoms with E-state index in [9.17, 15) is 14.7 Å². The first-order valence-corrected chi connectivity index (χ1v) is 11.2. The van der Waals surface area contributed by atoms with Crippen molar-refractivity contribution in [2.45, 2.75) is 40.2 Å². The van der Waals surface area contributed by atoms with E-state index in [2.05, 4.69) is 15.3 Å². The fraction of sp³-hybridized carbons (Fsp3) is 0.269. The summed E-state index contributed by atoms with van der Waals surface area (Å²) in [7, 11) is 0. The van der Waals surface area contributed by atoms with Crippen LogP contribution in [0.2, 0.25) is 0 Å². The van der Waals surface area contributed by atoms with Gasteiger partial charge in [0.05, 0.1) is 29.9 Å². The van der Waals surface area contributed by atoms with Crippen molar-refractivity contribution >= 4 is 11.4 Å². The van der Waals surface area contributed by atoms with Gasteiger partial charge >= 0.3 is 0 Å². The fourth-order valence-electron chi connectivity index (χ4n) is 3.95. The van der Waals surface area contributed by atoms with Gasteiger partial charge in [0.1, 0.15) is 23.5 Å². The molecule has 0 saturated carbocycles. The molecule has 0 spiro atoms. The van der Waals surface area contributed by atoms with Crippen molar-refractivity contribution in [2.75, 3.05) is 6.61 Å². The number of H-pyrrole nitrogens is 1. The van der Waals surface area contributed by atoms with Crippen LogP contribution in [0.15, 0.2) is 53.6 Å². The number of phenolic OH excluding ortho intramolecular Hbond substituents is 1. The summed E-state index contributed by atoms with van der Waals surface area (Å²) in [5.74, 6) is 0.441. The summed E-state index contributed by atoms with van der Waals surface area (Å²) < 4.78 is 7.38. The lowest BCUT2D eigenvalue weighted by Gasteiger charge is -2.13. The number of hydrogen-bond donors (Lipinski definition) is 3. The Morgan fingerprint density at radius 1 is 1.18 bits per heavy atom. The normalized spacial score (nSPS) is 11.2. The Morgan fingerprint density at radius 3 is 2.59 bits per heavy atom. The number of amides is 1. The maximum atomic E-state index is 13.3. The molecule has 0 bridgehead atoms. The lowest BCUT2D eigenvalue weighted by atomic mass is 10.0. The summed E-state index contributed by atoms with van der Waals surface area (Å²) in [5, 5.41) is 12.5. The number of phenols is 1. The molecule has 0 unspecified atom stereocenters. The van der Waals surface area contributed by atoms with E-state index in [0.717, 1.165) is 22.3 Å². The van der Waals surface area contributed by atoms with Gasteiger partial charge in [-0.3, -0.25) is 14.0 Å². The summed E-state index contributed by atoms with van der Waals surface area (Å²) in [6.45, 7) is 8.15. The molecule has 0 aliphatic carbocycles. The van der Waals surface area contributed by atoms with E-state index < -0.39 is 0 Å². The van der Waals surface area contributed by atoms with Crippen LogP contribution in [0.25, 0.3) is 16.6 Å². The molecule has 3 heterocycles. The molecular weight excluding hydrogens is 432 g/mol. The second-order valence-corrected chi connectivity index (χ2v) is 8.46. The molecule has 8 nitrogen and oxygen atoms in total. The van der Waals surface area contributed by atoms with Crippen molar-refractivity contribution in [2.24, 2.45) is 0 Å². The molecule has 1 aromatic carbocycles. The summed E-state index contributed by atoms with van der Waals surface area (Å²) in [6.07, 6.45) is 1.64. The quantitative estimate of drug-likeness (QED) is 0.384. The highest BCUT2D eigenvalue weighted by atomic mass is 16.5. The SMILES string of the molecule is CCOc1cc(C)[nH]c(=O)c1CNC(=O)c1cc(-c2ccc(O)cc2)cc2c(C(C)C)ncn12. The molecule has 176 valence electrons. The molecule has 0 aliphatic heterocycles. The van der Waals surface area contributed by atoms with Crippen LogP contribution in [0.1, 0.15) is 54.1 Å². The number of aryl methyl sites for hydroxylation is 1. The molecule has 8 heteroatoms. The van der Waals surface area contributed by atoms with Crippen molar-refractivity contribution in [3.05, 3.63) is 81.8 Å². The minimum absolute atomic E-state index is 0.0143. The van der Waals surface area contributed by atoms with Gasteiger partial charge in [0.2, 0.25) is 0 Å². The molecule has 4 aromatic rings. The Kier molecular flexibility index (Phi) is 6.40. The highest BCUT2D eigenvalue weighted by Gasteiger charge is 2.19. The zero-order chi connectivity index (χ0) is 24.4. The molecule has 0 fully saturated rings. The first-order valence-electron chi connectivity index (χ1n) is 11.2. The number of fused-ring (bicyclic) bond motifs is 1. The third kappa shape index (κ3) is 4.52. The number of nitrogens with zero attached hydrogens (tertiary/aromatic N) is 2. The number of carbonyl (C=O) groups is 1. The number of aromatic nitrogens is 3. The van der Waals surface area contributed by atoms with E-state index in [4.69, 9.17) is 4.74 Å². The lowest BCUT2D eigenvalue weighted by Crippen LogP contribution is -2.29. The topological polar surface area (TPSA) is 109 Å². The highest BCUT2D eigenvalue weighted by molar-refractivity contribution is 5.95. The van der Waals surface area contributed by atoms with E-state index in [1.165, 1.54) is 0 Å². The summed E-state index contributed by atoms with van der Waals surface area (Å²) >= 11 is 0. The smallest absolute Gasteiger partial charge is 0.268 e. The molecule has 3 aromatic heterocycles. The van der Waals surface area contributed by atoms with Crippen LogP contribution >= 0.6 is 0 Å². The maximum Gasteiger partial charge on any atom is 0.268 e. The third-order valence-electron chi connectivity index (χ3n) is 5.61. The number of rotatable bonds is 7. The Bertz CT molecular complexity index is 1400. The van der Waals surface area contributed by atoms with Gasteiger partial charge in [-0.2, -0.15) is 0 Å². The monoisotopic (exact) mass is 460 g/mol. The molecule has 3 N–H and O–H groups in total. The molecule has 0 atom stereocenters. The van der Waals surface area contributed by atoms with E-state index in [-0.39, 0.29) is 29.7 Å². The number of carbonyl (C=O) groups excluding carboxylic acids is 1. The minimum atomic E-state index is -0.347. The van der Waals surface area contributed by atoms with E-state index in [1.54, 1.807) is 54.0 Å². The van der Waals surface area contributed by atoms with Crippen molar-refractivity contribution in [1.29, 1.82) is 0 Å². The molecule has 4 rings (SSSR count). The van der Waals surface area contributed by atoms with Gasteiger partial charge in [-0.25, -0.2) is 4.98 Å². The van der Waals surface area contributed by atoms with Crippen LogP contribution in [-0.2, 0) is 6.54 Å². The fourth-order valence-corrected chi connectivity index (χ4v) is 3.95. The van der Waals surface area contributed by atoms with Crippen LogP contribution in [0, 0.1) is 6.92 Å². The Balaban J connectivity index is 1.74. The van der Waals surface area contributed by atoms with Crippen molar-refractivity contribution in [3.8, 4) is 22.6 Å². The van der Waals surface area contributed by atoms with E-state index in [0.29, 0.717) is 29.3 Å². The Labute approximate surface area is 197 Å². The van der Waals surface area contributed by atoms with Crippen LogP contribution in [0.3, 0.4) is 0 Å². The first kappa shape index (κ1) is 23.1. The van der Waals surface area contributed by atoms with E-state index in [1.807, 2.05) is 26.8 Å². The zero-order valence-electron chi connectivity index (χ0n) is 19.7. The summed E-state index contributed by atoms with van der Waals surface area (Å²) in [5.41, 5.74) is 4.53. The van der Waals surface area contributed by atoms with Crippen LogP contribution in [0.4, 0.5) is 0 Å². The number of ether oxygens (including phenoxy) is 1. The van der Waals surface area contributed by atoms with Crippen LogP contribution < -0.4 is 15.6 Å². The number of imidazole rings is 1. The summed E-state index contributed by atoms with van der Waals surface area (Å²) in [6, 6.07) is 12.3. The zero-order valence-corrected chi connectivity index (χ0v) is 19.7. The van der Waals surface area contributed by atoms with E-state index >= 15 is 0 Å². The van der Waals surface area contributed by atoms with Gasteiger partial charge < -0.3 is 20.1 Å². The van der Waals surface area contributed by atoms with Crippen molar-refractivity contribution < 1.29 is 14.6 Å². The number of hydrogen-bond acceptors (Lipinski definition) is 5. The van der Waals surface area contributed by atoms with Crippen molar-refractivity contribution in [1.82, 2.24) is 19.7 Å². The second kappa shape index (κ2) is 9.43. The third-order valence-corrected chi connectivity index (χ3v) is 5.61. The standard InChI is InChI=1S/C26H28N4O4/c1-5-34-23-10-16(4)29-25(32)20(23)13-27-26(33)22-12-18(17-6-8-19(31)9-7-17)11-21-24(15(2)3)28-14-30(21)22/h6-12,14-15,31H,5,13H2,1-4H3,(H,27,33)(H,29,32). The predicted molar refractivity (Wildman–Crippen MR) is 131 cm³/mol. The molecular formula is C26H28N4O4. The molecule has 1 amide bonds. The Morgan fingerprint density at radius 2 is 1.91 bits per heavy atom. The van der Waals surface area contributed by atoms with Crippen LogP contribution in [-0.4, -0.2) is 32.0 Å². The van der Waals surface area contributed by atoms with Crippen LogP contribution in [0.5, 0.6) is 11.5 Å². The highest BCUT2D eigenvalue weighted by Crippen LogP contribution is 2.28. The summed E-state index contributed by atoms with van der Waals surface area (Å²) in [4.78, 5) is 33.2. The van der Waals surface area contributed by atoms with Gasteiger partial charge in [-0.15, -0.1) is 0 Å². The predicted octanol–water partition coefficient (Wildman–Crippen LogP) is 4.16. The first-order chi connectivity index (χ1) is 16.3. The van der Waals surface area contributed by atoms with Gasteiger partial charge in [0, 0.05) is 5.69 Å². The van der Waals surface area contributed by atoms with Gasteiger partial charge in [-0.05, 0) is 61.2 Å². The molecule has 0 radical (unpaired) electrons. The average molecular weight is 461 g/mol. The maximum absolute atomic E-state index is 13.3. The number of benzene rings is 1. The number of aromatic hydroxyl groups is 1. The van der Waals surface area contributed by atoms with Crippen molar-refractivity contribution in [3.63, 3.8) is 0 Å². The molecule has 34 heavy (non-hydrogen) atoms. The number of pyridine rings is 2. The lowest BCUT2D eigenvalue weighted by molar-refractivity contribution is 0.0944. The minimum Gasteiger partial charge on any atom is -0.508 e.